The second-order valence-corrected chi connectivity index (χ2v) is 5.85. The van der Waals surface area contributed by atoms with E-state index in [0.717, 1.165) is 18.7 Å². The average molecular weight is 287 g/mol. The molecule has 2 heterocycles. The molecule has 0 bridgehead atoms. The number of piperazine rings is 1. The Bertz CT molecular complexity index is 552. The Hall–Kier alpha value is -1.88. The van der Waals surface area contributed by atoms with Crippen LogP contribution in [-0.4, -0.2) is 49.4 Å². The summed E-state index contributed by atoms with van der Waals surface area (Å²) in [4.78, 5) is 27.0. The second-order valence-electron chi connectivity index (χ2n) is 5.85. The molecule has 1 atom stereocenters. The van der Waals surface area contributed by atoms with Gasteiger partial charge in [0, 0.05) is 31.9 Å². The topological polar surface area (TPSA) is 52.6 Å². The zero-order valence-corrected chi connectivity index (χ0v) is 12.3. The normalized spacial score (nSPS) is 23.0. The van der Waals surface area contributed by atoms with Gasteiger partial charge in [-0.25, -0.2) is 0 Å². The van der Waals surface area contributed by atoms with Gasteiger partial charge in [-0.15, -0.1) is 0 Å². The van der Waals surface area contributed by atoms with E-state index in [2.05, 4.69) is 11.4 Å². The third-order valence-corrected chi connectivity index (χ3v) is 4.30. The van der Waals surface area contributed by atoms with Crippen LogP contribution in [-0.2, 0) is 16.0 Å². The van der Waals surface area contributed by atoms with Crippen molar-refractivity contribution in [2.75, 3.05) is 31.6 Å². The van der Waals surface area contributed by atoms with Crippen LogP contribution in [0.25, 0.3) is 0 Å². The van der Waals surface area contributed by atoms with Crippen LogP contribution in [0.15, 0.2) is 24.3 Å². The summed E-state index contributed by atoms with van der Waals surface area (Å²) < 4.78 is 0. The molecule has 0 spiro atoms. The van der Waals surface area contributed by atoms with Crippen LogP contribution in [0.2, 0.25) is 0 Å². The lowest BCUT2D eigenvalue weighted by Gasteiger charge is -2.31. The summed E-state index contributed by atoms with van der Waals surface area (Å²) in [6.07, 6.45) is 3.41. The first-order valence-electron chi connectivity index (χ1n) is 7.54. The zero-order valence-electron chi connectivity index (χ0n) is 12.3. The maximum atomic E-state index is 12.1. The van der Waals surface area contributed by atoms with Gasteiger partial charge >= 0.3 is 11.8 Å². The van der Waals surface area contributed by atoms with Crippen LogP contribution in [0.5, 0.6) is 0 Å². The molecule has 1 aromatic carbocycles. The summed E-state index contributed by atoms with van der Waals surface area (Å²) in [5, 5.41) is 3.48. The molecule has 5 nitrogen and oxygen atoms in total. The van der Waals surface area contributed by atoms with Gasteiger partial charge < -0.3 is 15.1 Å². The van der Waals surface area contributed by atoms with E-state index >= 15 is 0 Å². The van der Waals surface area contributed by atoms with Gasteiger partial charge in [0.25, 0.3) is 0 Å². The molecule has 21 heavy (non-hydrogen) atoms. The molecule has 0 saturated carbocycles. The first kappa shape index (κ1) is 14.1. The Kier molecular flexibility index (Phi) is 3.92. The summed E-state index contributed by atoms with van der Waals surface area (Å²) in [5.74, 6) is -0.857. The highest BCUT2D eigenvalue weighted by atomic mass is 16.2. The molecule has 2 aliphatic heterocycles. The molecule has 0 radical (unpaired) electrons. The molecule has 1 N–H and O–H groups in total. The highest BCUT2D eigenvalue weighted by Gasteiger charge is 2.31. The predicted molar refractivity (Wildman–Crippen MR) is 81.2 cm³/mol. The smallest absolute Gasteiger partial charge is 0.316 e. The minimum absolute atomic E-state index is 0.427. The molecular formula is C16H21N3O2. The van der Waals surface area contributed by atoms with Crippen molar-refractivity contribution in [1.29, 1.82) is 0 Å². The van der Waals surface area contributed by atoms with E-state index in [1.165, 1.54) is 23.3 Å². The standard InChI is InChI=1S/C16H21N3O2/c1-18-8-9-19(16(21)15(18)20)14-6-2-4-12(11-14)10-13-5-3-7-17-13/h2,4,6,11,13,17H,3,5,7-10H2,1H3. The van der Waals surface area contributed by atoms with Gasteiger partial charge in [0.05, 0.1) is 0 Å². The monoisotopic (exact) mass is 287 g/mol. The van der Waals surface area contributed by atoms with E-state index in [-0.39, 0.29) is 0 Å². The van der Waals surface area contributed by atoms with Crippen LogP contribution >= 0.6 is 0 Å². The SMILES string of the molecule is CN1CCN(c2cccc(CC3CCCN3)c2)C(=O)C1=O. The second kappa shape index (κ2) is 5.85. The van der Waals surface area contributed by atoms with Crippen LogP contribution < -0.4 is 10.2 Å². The van der Waals surface area contributed by atoms with Crippen molar-refractivity contribution in [1.82, 2.24) is 10.2 Å². The summed E-state index contributed by atoms with van der Waals surface area (Å²) in [5.41, 5.74) is 2.04. The first-order chi connectivity index (χ1) is 10.1. The van der Waals surface area contributed by atoms with Crippen molar-refractivity contribution in [3.8, 4) is 0 Å². The quantitative estimate of drug-likeness (QED) is 0.836. The van der Waals surface area contributed by atoms with Gasteiger partial charge in [-0.3, -0.25) is 9.59 Å². The van der Waals surface area contributed by atoms with Crippen LogP contribution in [0.3, 0.4) is 0 Å². The summed E-state index contributed by atoms with van der Waals surface area (Å²) >= 11 is 0. The third-order valence-electron chi connectivity index (χ3n) is 4.30. The molecule has 1 unspecified atom stereocenters. The number of nitrogens with zero attached hydrogens (tertiary/aromatic N) is 2. The van der Waals surface area contributed by atoms with Crippen LogP contribution in [0.1, 0.15) is 18.4 Å². The molecule has 2 fully saturated rings. The summed E-state index contributed by atoms with van der Waals surface area (Å²) in [6.45, 7) is 2.24. The number of carbonyl (C=O) groups is 2. The van der Waals surface area contributed by atoms with Gasteiger partial charge in [0.15, 0.2) is 0 Å². The molecule has 2 saturated heterocycles. The molecule has 1 aromatic rings. The van der Waals surface area contributed by atoms with Crippen LogP contribution in [0, 0.1) is 0 Å². The maximum absolute atomic E-state index is 12.1. The van der Waals surface area contributed by atoms with E-state index in [9.17, 15) is 9.59 Å². The van der Waals surface area contributed by atoms with Gasteiger partial charge in [-0.2, -0.15) is 0 Å². The Morgan fingerprint density at radius 2 is 2.10 bits per heavy atom. The van der Waals surface area contributed by atoms with Crippen molar-refractivity contribution < 1.29 is 9.59 Å². The number of rotatable bonds is 3. The number of amides is 2. The van der Waals surface area contributed by atoms with Crippen molar-refractivity contribution in [2.45, 2.75) is 25.3 Å². The van der Waals surface area contributed by atoms with Gasteiger partial charge in [0.2, 0.25) is 0 Å². The molecule has 0 aromatic heterocycles. The Morgan fingerprint density at radius 3 is 2.86 bits per heavy atom. The first-order valence-corrected chi connectivity index (χ1v) is 7.54. The van der Waals surface area contributed by atoms with E-state index in [1.54, 1.807) is 11.9 Å². The Balaban J connectivity index is 1.76. The molecule has 3 rings (SSSR count). The minimum Gasteiger partial charge on any atom is -0.336 e. The van der Waals surface area contributed by atoms with Gasteiger partial charge in [0.1, 0.15) is 0 Å². The number of nitrogens with one attached hydrogen (secondary N) is 1. The largest absolute Gasteiger partial charge is 0.336 e. The lowest BCUT2D eigenvalue weighted by molar-refractivity contribution is -0.145. The van der Waals surface area contributed by atoms with Crippen molar-refractivity contribution in [3.05, 3.63) is 29.8 Å². The van der Waals surface area contributed by atoms with Crippen molar-refractivity contribution in [2.24, 2.45) is 0 Å². The molecule has 5 heteroatoms. The van der Waals surface area contributed by atoms with Gasteiger partial charge in [-0.1, -0.05) is 12.1 Å². The summed E-state index contributed by atoms with van der Waals surface area (Å²) in [6, 6.07) is 8.53. The van der Waals surface area contributed by atoms with Crippen LogP contribution in [0.4, 0.5) is 5.69 Å². The fraction of sp³-hybridized carbons (Fsp3) is 0.500. The average Bonchev–Trinajstić information content (AvgIpc) is 2.98. The molecular weight excluding hydrogens is 266 g/mol. The zero-order chi connectivity index (χ0) is 14.8. The lowest BCUT2D eigenvalue weighted by Crippen LogP contribution is -2.53. The van der Waals surface area contributed by atoms with E-state index < -0.39 is 11.8 Å². The van der Waals surface area contributed by atoms with E-state index in [0.29, 0.717) is 19.1 Å². The number of carbonyl (C=O) groups excluding carboxylic acids is 2. The highest BCUT2D eigenvalue weighted by molar-refractivity contribution is 6.40. The fourth-order valence-corrected chi connectivity index (χ4v) is 3.04. The third kappa shape index (κ3) is 2.93. The summed E-state index contributed by atoms with van der Waals surface area (Å²) in [7, 11) is 1.67. The number of anilines is 1. The lowest BCUT2D eigenvalue weighted by atomic mass is 10.0. The fourth-order valence-electron chi connectivity index (χ4n) is 3.04. The van der Waals surface area contributed by atoms with Gasteiger partial charge in [-0.05, 0) is 43.5 Å². The molecule has 2 aliphatic rings. The highest BCUT2D eigenvalue weighted by Crippen LogP contribution is 2.21. The van der Waals surface area contributed by atoms with Crippen molar-refractivity contribution in [3.63, 3.8) is 0 Å². The maximum Gasteiger partial charge on any atom is 0.316 e. The minimum atomic E-state index is -0.431. The Labute approximate surface area is 124 Å². The predicted octanol–water partition coefficient (Wildman–Crippen LogP) is 0.786. The molecule has 2 amide bonds. The Morgan fingerprint density at radius 1 is 1.24 bits per heavy atom. The number of benzene rings is 1. The molecule has 112 valence electrons. The van der Waals surface area contributed by atoms with Crippen molar-refractivity contribution >= 4 is 17.5 Å². The van der Waals surface area contributed by atoms with E-state index in [1.807, 2.05) is 18.2 Å². The van der Waals surface area contributed by atoms with E-state index in [4.69, 9.17) is 0 Å². The number of hydrogen-bond acceptors (Lipinski definition) is 3. The number of hydrogen-bond donors (Lipinski definition) is 1. The number of likely N-dealkylation sites (N-methyl/N-ethyl adjacent to an activating group) is 1. The molecule has 0 aliphatic carbocycles.